The highest BCUT2D eigenvalue weighted by Gasteiger charge is 2.27. The van der Waals surface area contributed by atoms with Gasteiger partial charge in [0.05, 0.1) is 4.90 Å². The molecular formula is C23H28N2O4S. The van der Waals surface area contributed by atoms with Crippen LogP contribution in [0, 0.1) is 0 Å². The predicted octanol–water partition coefficient (Wildman–Crippen LogP) is 3.28. The largest absolute Gasteiger partial charge is 0.490 e. The lowest BCUT2D eigenvalue weighted by molar-refractivity contribution is -0.130. The molecule has 30 heavy (non-hydrogen) atoms. The predicted molar refractivity (Wildman–Crippen MR) is 117 cm³/mol. The Morgan fingerprint density at radius 1 is 1.13 bits per heavy atom. The molecule has 0 aromatic heterocycles. The van der Waals surface area contributed by atoms with E-state index in [9.17, 15) is 13.2 Å². The molecule has 1 N–H and O–H groups in total. The van der Waals surface area contributed by atoms with E-state index in [1.54, 1.807) is 42.3 Å². The number of hydrogen-bond acceptors (Lipinski definition) is 4. The molecule has 0 radical (unpaired) electrons. The second-order valence-corrected chi connectivity index (χ2v) is 9.25. The number of carbonyl (C=O) groups excluding carboxylic acids is 1. The zero-order valence-corrected chi connectivity index (χ0v) is 18.0. The number of sulfonamides is 1. The number of aryl methyl sites for hydroxylation is 1. The number of amides is 1. The van der Waals surface area contributed by atoms with Crippen LogP contribution in [0.3, 0.4) is 0 Å². The molecule has 1 aliphatic carbocycles. The monoisotopic (exact) mass is 428 g/mol. The van der Waals surface area contributed by atoms with Crippen LogP contribution in [-0.2, 0) is 27.8 Å². The zero-order chi connectivity index (χ0) is 21.6. The first kappa shape index (κ1) is 22.1. The Bertz CT molecular complexity index is 965. The molecule has 1 aliphatic rings. The molecule has 1 fully saturated rings. The van der Waals surface area contributed by atoms with E-state index in [0.29, 0.717) is 26.0 Å². The average molecular weight is 429 g/mol. The zero-order valence-electron chi connectivity index (χ0n) is 17.2. The summed E-state index contributed by atoms with van der Waals surface area (Å²) in [5, 5.41) is 0. The summed E-state index contributed by atoms with van der Waals surface area (Å²) in [6, 6.07) is 14.5. The topological polar surface area (TPSA) is 75.7 Å². The molecule has 2 aromatic carbocycles. The Morgan fingerprint density at radius 3 is 2.37 bits per heavy atom. The summed E-state index contributed by atoms with van der Waals surface area (Å²) in [7, 11) is -1.66. The molecule has 0 saturated heterocycles. The molecule has 2 aromatic rings. The number of carbonyl (C=O) groups is 1. The molecule has 0 unspecified atom stereocenters. The van der Waals surface area contributed by atoms with Crippen molar-refractivity contribution in [1.29, 1.82) is 0 Å². The summed E-state index contributed by atoms with van der Waals surface area (Å²) in [5.41, 5.74) is 1.96. The van der Waals surface area contributed by atoms with Crippen LogP contribution < -0.4 is 9.46 Å². The van der Waals surface area contributed by atoms with Gasteiger partial charge in [0.25, 0.3) is 0 Å². The van der Waals surface area contributed by atoms with Crippen LogP contribution in [0.2, 0.25) is 0 Å². The number of rotatable bonds is 11. The van der Waals surface area contributed by atoms with Gasteiger partial charge >= 0.3 is 0 Å². The maximum Gasteiger partial charge on any atom is 0.240 e. The first-order valence-electron chi connectivity index (χ1n) is 10.1. The van der Waals surface area contributed by atoms with Gasteiger partial charge in [-0.15, -0.1) is 0 Å². The first-order chi connectivity index (χ1) is 14.4. The summed E-state index contributed by atoms with van der Waals surface area (Å²) in [6.07, 6.45) is 4.43. The van der Waals surface area contributed by atoms with E-state index in [-0.39, 0.29) is 16.8 Å². The Kier molecular flexibility index (Phi) is 7.29. The highest BCUT2D eigenvalue weighted by molar-refractivity contribution is 7.89. The van der Waals surface area contributed by atoms with E-state index in [2.05, 4.69) is 11.3 Å². The summed E-state index contributed by atoms with van der Waals surface area (Å²) >= 11 is 0. The fraction of sp³-hybridized carbons (Fsp3) is 0.348. The molecule has 0 spiro atoms. The van der Waals surface area contributed by atoms with Gasteiger partial charge in [-0.1, -0.05) is 36.9 Å². The van der Waals surface area contributed by atoms with E-state index in [1.165, 1.54) is 0 Å². The molecule has 1 saturated carbocycles. The third-order valence-electron chi connectivity index (χ3n) is 4.90. The second kappa shape index (κ2) is 9.91. The van der Waals surface area contributed by atoms with Crippen LogP contribution in [0.15, 0.2) is 66.1 Å². The van der Waals surface area contributed by atoms with Crippen molar-refractivity contribution in [3.05, 3.63) is 72.3 Å². The van der Waals surface area contributed by atoms with Crippen molar-refractivity contribution in [3.63, 3.8) is 0 Å². The first-order valence-corrected chi connectivity index (χ1v) is 11.5. The van der Waals surface area contributed by atoms with Crippen LogP contribution in [0.4, 0.5) is 0 Å². The Labute approximate surface area is 178 Å². The van der Waals surface area contributed by atoms with Gasteiger partial charge in [0.2, 0.25) is 15.9 Å². The maximum absolute atomic E-state index is 12.5. The molecule has 6 nitrogen and oxygen atoms in total. The highest BCUT2D eigenvalue weighted by atomic mass is 32.2. The number of benzene rings is 2. The van der Waals surface area contributed by atoms with Crippen molar-refractivity contribution in [2.75, 3.05) is 13.7 Å². The van der Waals surface area contributed by atoms with Crippen molar-refractivity contribution < 1.29 is 17.9 Å². The van der Waals surface area contributed by atoms with Gasteiger partial charge in [-0.25, -0.2) is 13.1 Å². The quantitative estimate of drug-likeness (QED) is 0.558. The standard InChI is InChI=1S/C23H28N2O4S/c1-3-16-29-21-11-4-19(5-12-21)17-25(2)23(26)15-8-18-6-13-22(14-7-18)30(27,28)24-20-9-10-20/h3-7,11-14,20,24H,1,8-10,15-17H2,2H3. The molecule has 1 amide bonds. The van der Waals surface area contributed by atoms with Crippen molar-refractivity contribution in [2.24, 2.45) is 0 Å². The Balaban J connectivity index is 1.47. The molecule has 160 valence electrons. The smallest absolute Gasteiger partial charge is 0.240 e. The van der Waals surface area contributed by atoms with E-state index >= 15 is 0 Å². The third-order valence-corrected chi connectivity index (χ3v) is 6.43. The SMILES string of the molecule is C=CCOc1ccc(CN(C)C(=O)CCc2ccc(S(=O)(=O)NC3CC3)cc2)cc1. The number of nitrogens with zero attached hydrogens (tertiary/aromatic N) is 1. The van der Waals surface area contributed by atoms with Gasteiger partial charge in [-0.3, -0.25) is 4.79 Å². The third kappa shape index (κ3) is 6.43. The number of nitrogens with one attached hydrogen (secondary N) is 1. The van der Waals surface area contributed by atoms with Gasteiger partial charge in [0.1, 0.15) is 12.4 Å². The minimum Gasteiger partial charge on any atom is -0.490 e. The summed E-state index contributed by atoms with van der Waals surface area (Å²) in [5.74, 6) is 0.805. The van der Waals surface area contributed by atoms with Crippen LogP contribution in [0.5, 0.6) is 5.75 Å². The average Bonchev–Trinajstić information content (AvgIpc) is 3.55. The lowest BCUT2D eigenvalue weighted by Gasteiger charge is -2.17. The van der Waals surface area contributed by atoms with Gasteiger partial charge in [0, 0.05) is 26.1 Å². The molecule has 0 heterocycles. The number of ether oxygens (including phenoxy) is 1. The van der Waals surface area contributed by atoms with Crippen LogP contribution in [-0.4, -0.2) is 38.9 Å². The van der Waals surface area contributed by atoms with Crippen molar-refractivity contribution >= 4 is 15.9 Å². The highest BCUT2D eigenvalue weighted by Crippen LogP contribution is 2.22. The lowest BCUT2D eigenvalue weighted by atomic mass is 10.1. The van der Waals surface area contributed by atoms with Gasteiger partial charge in [-0.2, -0.15) is 0 Å². The van der Waals surface area contributed by atoms with Crippen LogP contribution >= 0.6 is 0 Å². The van der Waals surface area contributed by atoms with Gasteiger partial charge < -0.3 is 9.64 Å². The van der Waals surface area contributed by atoms with E-state index in [0.717, 1.165) is 29.7 Å². The fourth-order valence-electron chi connectivity index (χ4n) is 2.97. The Morgan fingerprint density at radius 2 is 1.77 bits per heavy atom. The van der Waals surface area contributed by atoms with Gasteiger partial charge in [-0.05, 0) is 54.7 Å². The summed E-state index contributed by atoms with van der Waals surface area (Å²) < 4.78 is 32.6. The summed E-state index contributed by atoms with van der Waals surface area (Å²) in [6.45, 7) is 4.60. The van der Waals surface area contributed by atoms with E-state index in [1.807, 2.05) is 24.3 Å². The fourth-order valence-corrected chi connectivity index (χ4v) is 4.28. The molecule has 0 bridgehead atoms. The molecule has 7 heteroatoms. The lowest BCUT2D eigenvalue weighted by Crippen LogP contribution is -2.26. The minimum absolute atomic E-state index is 0.0362. The van der Waals surface area contributed by atoms with E-state index in [4.69, 9.17) is 4.74 Å². The molecule has 0 atom stereocenters. The Hall–Kier alpha value is -2.64. The second-order valence-electron chi connectivity index (χ2n) is 7.53. The normalized spacial score (nSPS) is 13.6. The molecular weight excluding hydrogens is 400 g/mol. The summed E-state index contributed by atoms with van der Waals surface area (Å²) in [4.78, 5) is 14.4. The van der Waals surface area contributed by atoms with Crippen LogP contribution in [0.25, 0.3) is 0 Å². The van der Waals surface area contributed by atoms with Crippen LogP contribution in [0.1, 0.15) is 30.4 Å². The minimum atomic E-state index is -3.44. The van der Waals surface area contributed by atoms with Crippen molar-refractivity contribution in [3.8, 4) is 5.75 Å². The van der Waals surface area contributed by atoms with Crippen molar-refractivity contribution in [1.82, 2.24) is 9.62 Å². The molecule has 0 aliphatic heterocycles. The number of hydrogen-bond donors (Lipinski definition) is 1. The molecule has 3 rings (SSSR count). The van der Waals surface area contributed by atoms with Crippen molar-refractivity contribution in [2.45, 2.75) is 43.2 Å². The maximum atomic E-state index is 12.5. The van der Waals surface area contributed by atoms with Gasteiger partial charge in [0.15, 0.2) is 0 Å². The van der Waals surface area contributed by atoms with E-state index < -0.39 is 10.0 Å².